The lowest BCUT2D eigenvalue weighted by Crippen LogP contribution is -2.11. The molecule has 0 fully saturated rings. The van der Waals surface area contributed by atoms with Crippen LogP contribution in [0, 0.1) is 5.82 Å². The van der Waals surface area contributed by atoms with Crippen molar-refractivity contribution >= 4 is 15.8 Å². The number of Topliss-reactive ketones (excluding diaryl/α,β-unsaturated/α-hetero) is 1. The third kappa shape index (κ3) is 3.69. The molecule has 0 aliphatic carbocycles. The lowest BCUT2D eigenvalue weighted by molar-refractivity contribution is 0.101. The zero-order valence-electron chi connectivity index (χ0n) is 13.5. The van der Waals surface area contributed by atoms with E-state index in [9.17, 15) is 17.6 Å². The topological polar surface area (TPSA) is 56.1 Å². The Labute approximate surface area is 145 Å². The molecule has 3 rings (SSSR count). The number of benzene rings is 2. The van der Waals surface area contributed by atoms with Gasteiger partial charge < -0.3 is 0 Å². The monoisotopic (exact) mass is 357 g/mol. The molecule has 0 radical (unpaired) electrons. The maximum absolute atomic E-state index is 13.0. The van der Waals surface area contributed by atoms with Crippen molar-refractivity contribution < 1.29 is 17.6 Å². The van der Waals surface area contributed by atoms with Crippen molar-refractivity contribution in [2.24, 2.45) is 0 Å². The lowest BCUT2D eigenvalue weighted by Gasteiger charge is -2.07. The summed E-state index contributed by atoms with van der Waals surface area (Å²) in [4.78, 5) is 11.5. The van der Waals surface area contributed by atoms with Crippen molar-refractivity contribution in [3.8, 4) is 0 Å². The minimum absolute atomic E-state index is 0.0594. The Kier molecular flexibility index (Phi) is 4.55. The maximum Gasteiger partial charge on any atom is 0.267 e. The van der Waals surface area contributed by atoms with E-state index in [2.05, 4.69) is 0 Å². The minimum Gasteiger partial charge on any atom is -0.295 e. The molecule has 2 aromatic carbocycles. The van der Waals surface area contributed by atoms with Gasteiger partial charge in [0.25, 0.3) is 10.0 Å². The van der Waals surface area contributed by atoms with Crippen molar-refractivity contribution in [1.29, 1.82) is 0 Å². The van der Waals surface area contributed by atoms with E-state index >= 15 is 0 Å². The van der Waals surface area contributed by atoms with Gasteiger partial charge in [-0.3, -0.25) is 4.79 Å². The molecule has 0 atom stereocenters. The highest BCUT2D eigenvalue weighted by Crippen LogP contribution is 2.18. The molecule has 25 heavy (non-hydrogen) atoms. The number of aromatic nitrogens is 1. The smallest absolute Gasteiger partial charge is 0.267 e. The zero-order valence-corrected chi connectivity index (χ0v) is 14.3. The Balaban J connectivity index is 1.89. The molecule has 3 aromatic rings. The van der Waals surface area contributed by atoms with Gasteiger partial charge in [-0.1, -0.05) is 24.3 Å². The van der Waals surface area contributed by atoms with Crippen LogP contribution in [-0.4, -0.2) is 18.2 Å². The summed E-state index contributed by atoms with van der Waals surface area (Å²) >= 11 is 0. The van der Waals surface area contributed by atoms with Gasteiger partial charge >= 0.3 is 0 Å². The first-order valence-corrected chi connectivity index (χ1v) is 9.08. The van der Waals surface area contributed by atoms with Crippen LogP contribution >= 0.6 is 0 Å². The normalized spacial score (nSPS) is 11.4. The first kappa shape index (κ1) is 17.1. The van der Waals surface area contributed by atoms with Crippen molar-refractivity contribution in [2.45, 2.75) is 18.2 Å². The van der Waals surface area contributed by atoms with Gasteiger partial charge in [-0.25, -0.2) is 16.8 Å². The average Bonchev–Trinajstić information content (AvgIpc) is 3.06. The molecule has 0 saturated heterocycles. The fraction of sp³-hybridized carbons (Fsp3) is 0.105. The summed E-state index contributed by atoms with van der Waals surface area (Å²) in [5.41, 5.74) is 2.02. The first-order valence-electron chi connectivity index (χ1n) is 7.64. The quantitative estimate of drug-likeness (QED) is 0.655. The Bertz CT molecular complexity index is 1020. The minimum atomic E-state index is -3.77. The largest absolute Gasteiger partial charge is 0.295 e. The number of carbonyl (C=O) groups is 1. The number of nitrogens with zero attached hydrogens (tertiary/aromatic N) is 1. The molecule has 6 heteroatoms. The molecule has 4 nitrogen and oxygen atoms in total. The maximum atomic E-state index is 13.0. The number of hydrogen-bond donors (Lipinski definition) is 0. The van der Waals surface area contributed by atoms with E-state index in [1.807, 2.05) is 0 Å². The van der Waals surface area contributed by atoms with Gasteiger partial charge in [-0.15, -0.1) is 0 Å². The fourth-order valence-corrected chi connectivity index (χ4v) is 3.77. The number of carbonyl (C=O) groups excluding carboxylic acids is 1. The van der Waals surface area contributed by atoms with E-state index in [-0.39, 0.29) is 16.5 Å². The molecule has 0 unspecified atom stereocenters. The second-order valence-electron chi connectivity index (χ2n) is 5.74. The van der Waals surface area contributed by atoms with Crippen LogP contribution in [-0.2, 0) is 16.4 Å². The number of ketones is 1. The molecule has 0 saturated carbocycles. The van der Waals surface area contributed by atoms with Crippen LogP contribution in [0.5, 0.6) is 0 Å². The first-order chi connectivity index (χ1) is 11.9. The Morgan fingerprint density at radius 3 is 2.44 bits per heavy atom. The van der Waals surface area contributed by atoms with Gasteiger partial charge in [0, 0.05) is 18.0 Å². The van der Waals surface area contributed by atoms with Crippen molar-refractivity contribution in [3.63, 3.8) is 0 Å². The summed E-state index contributed by atoms with van der Waals surface area (Å²) in [7, 11) is -3.77. The predicted octanol–water partition coefficient (Wildman–Crippen LogP) is 3.66. The van der Waals surface area contributed by atoms with Crippen LogP contribution in [0.15, 0.2) is 71.9 Å². The van der Waals surface area contributed by atoms with Crippen molar-refractivity contribution in [1.82, 2.24) is 3.97 Å². The van der Waals surface area contributed by atoms with E-state index in [1.54, 1.807) is 30.3 Å². The van der Waals surface area contributed by atoms with Gasteiger partial charge in [0.1, 0.15) is 5.82 Å². The molecule has 0 spiro atoms. The Morgan fingerprint density at radius 2 is 1.76 bits per heavy atom. The molecule has 0 bridgehead atoms. The molecular weight excluding hydrogens is 341 g/mol. The van der Waals surface area contributed by atoms with Crippen molar-refractivity contribution in [2.75, 3.05) is 0 Å². The van der Waals surface area contributed by atoms with E-state index < -0.39 is 10.0 Å². The average molecular weight is 357 g/mol. The third-order valence-corrected chi connectivity index (χ3v) is 5.50. The summed E-state index contributed by atoms with van der Waals surface area (Å²) in [6.07, 6.45) is 3.49. The summed E-state index contributed by atoms with van der Waals surface area (Å²) in [5.74, 6) is -0.504. The Morgan fingerprint density at radius 1 is 1.04 bits per heavy atom. The van der Waals surface area contributed by atoms with E-state index in [1.165, 1.54) is 43.6 Å². The number of hydrogen-bond acceptors (Lipinski definition) is 3. The number of halogens is 1. The summed E-state index contributed by atoms with van der Waals surface area (Å²) < 4.78 is 39.5. The molecule has 0 aliphatic heterocycles. The van der Waals surface area contributed by atoms with E-state index in [0.29, 0.717) is 12.0 Å². The molecule has 0 N–H and O–H groups in total. The van der Waals surface area contributed by atoms with Crippen LogP contribution in [0.2, 0.25) is 0 Å². The van der Waals surface area contributed by atoms with Gasteiger partial charge in [-0.2, -0.15) is 0 Å². The molecule has 1 aromatic heterocycles. The van der Waals surface area contributed by atoms with Gasteiger partial charge in [0.15, 0.2) is 5.78 Å². The molecule has 0 amide bonds. The van der Waals surface area contributed by atoms with Crippen LogP contribution in [0.1, 0.15) is 28.4 Å². The van der Waals surface area contributed by atoms with Gasteiger partial charge in [0.2, 0.25) is 0 Å². The van der Waals surface area contributed by atoms with E-state index in [0.717, 1.165) is 15.1 Å². The van der Waals surface area contributed by atoms with Gasteiger partial charge in [-0.05, 0) is 54.8 Å². The number of rotatable bonds is 5. The molecular formula is C19H16FNO3S. The molecule has 0 aliphatic rings. The molecule has 1 heterocycles. The summed E-state index contributed by atoms with van der Waals surface area (Å²) in [5, 5.41) is 0. The fourth-order valence-electron chi connectivity index (χ4n) is 2.51. The third-order valence-electron chi connectivity index (χ3n) is 3.87. The highest BCUT2D eigenvalue weighted by atomic mass is 32.2. The Hall–Kier alpha value is -2.73. The second-order valence-corrected chi connectivity index (χ2v) is 7.59. The van der Waals surface area contributed by atoms with Gasteiger partial charge in [0.05, 0.1) is 4.90 Å². The lowest BCUT2D eigenvalue weighted by atomic mass is 10.1. The van der Waals surface area contributed by atoms with Crippen molar-refractivity contribution in [3.05, 3.63) is 89.5 Å². The van der Waals surface area contributed by atoms with E-state index in [4.69, 9.17) is 0 Å². The molecule has 128 valence electrons. The highest BCUT2D eigenvalue weighted by molar-refractivity contribution is 7.90. The predicted molar refractivity (Wildman–Crippen MR) is 92.7 cm³/mol. The van der Waals surface area contributed by atoms with Crippen LogP contribution in [0.25, 0.3) is 0 Å². The summed E-state index contributed by atoms with van der Waals surface area (Å²) in [6.45, 7) is 1.39. The van der Waals surface area contributed by atoms with Crippen LogP contribution < -0.4 is 0 Å². The standard InChI is InChI=1S/C19H16FNO3S/c1-14(22)17-3-2-4-19(12-17)25(23,24)21-10-9-16(13-21)11-15-5-7-18(20)8-6-15/h2-10,12-13H,11H2,1H3. The summed E-state index contributed by atoms with van der Waals surface area (Å²) in [6, 6.07) is 13.7. The SMILES string of the molecule is CC(=O)c1cccc(S(=O)(=O)n2ccc(Cc3ccc(F)cc3)c2)c1. The zero-order chi connectivity index (χ0) is 18.0. The van der Waals surface area contributed by atoms with Crippen LogP contribution in [0.4, 0.5) is 4.39 Å². The second kappa shape index (κ2) is 6.64. The highest BCUT2D eigenvalue weighted by Gasteiger charge is 2.18. The van der Waals surface area contributed by atoms with Crippen LogP contribution in [0.3, 0.4) is 0 Å².